The van der Waals surface area contributed by atoms with Crippen LogP contribution in [0.15, 0.2) is 30.3 Å². The van der Waals surface area contributed by atoms with Crippen LogP contribution in [0.5, 0.6) is 0 Å². The maximum absolute atomic E-state index is 12.8. The SMILES string of the molecule is CC(C)(C)OC(=O)N1CCCC1C/C=C\c1ccc(F)cc1. The zero-order valence-electron chi connectivity index (χ0n) is 13.5. The Hall–Kier alpha value is -1.84. The van der Waals surface area contributed by atoms with Gasteiger partial charge in [-0.15, -0.1) is 0 Å². The quantitative estimate of drug-likeness (QED) is 0.815. The molecule has 0 aromatic heterocycles. The number of amides is 1. The van der Waals surface area contributed by atoms with Crippen LogP contribution in [0.2, 0.25) is 0 Å². The first-order valence-corrected chi connectivity index (χ1v) is 7.77. The fourth-order valence-corrected chi connectivity index (χ4v) is 2.58. The Bertz CT molecular complexity index is 531. The molecule has 1 aromatic rings. The van der Waals surface area contributed by atoms with E-state index in [-0.39, 0.29) is 18.0 Å². The summed E-state index contributed by atoms with van der Waals surface area (Å²) in [5, 5.41) is 0. The van der Waals surface area contributed by atoms with Crippen molar-refractivity contribution in [2.45, 2.75) is 51.7 Å². The summed E-state index contributed by atoms with van der Waals surface area (Å²) in [5.74, 6) is -0.232. The molecule has 22 heavy (non-hydrogen) atoms. The van der Waals surface area contributed by atoms with Crippen LogP contribution in [0.3, 0.4) is 0 Å². The first-order chi connectivity index (χ1) is 10.3. The molecule has 2 rings (SSSR count). The van der Waals surface area contributed by atoms with Crippen LogP contribution in [0.25, 0.3) is 6.08 Å². The smallest absolute Gasteiger partial charge is 0.410 e. The fraction of sp³-hybridized carbons (Fsp3) is 0.500. The van der Waals surface area contributed by atoms with E-state index in [0.717, 1.165) is 31.4 Å². The number of ether oxygens (including phenoxy) is 1. The first-order valence-electron chi connectivity index (χ1n) is 7.77. The zero-order valence-corrected chi connectivity index (χ0v) is 13.5. The number of benzene rings is 1. The Kier molecular flexibility index (Phi) is 5.22. The molecule has 1 aliphatic rings. The van der Waals surface area contributed by atoms with E-state index in [1.54, 1.807) is 12.1 Å². The molecule has 0 N–H and O–H groups in total. The molecular weight excluding hydrogens is 281 g/mol. The van der Waals surface area contributed by atoms with E-state index in [9.17, 15) is 9.18 Å². The van der Waals surface area contributed by atoms with E-state index in [0.29, 0.717) is 0 Å². The summed E-state index contributed by atoms with van der Waals surface area (Å²) in [7, 11) is 0. The lowest BCUT2D eigenvalue weighted by atomic mass is 10.1. The van der Waals surface area contributed by atoms with Gasteiger partial charge in [0.15, 0.2) is 0 Å². The number of likely N-dealkylation sites (tertiary alicyclic amines) is 1. The lowest BCUT2D eigenvalue weighted by molar-refractivity contribution is 0.0228. The molecule has 0 radical (unpaired) electrons. The molecule has 4 heteroatoms. The molecule has 0 saturated carbocycles. The number of carbonyl (C=O) groups is 1. The summed E-state index contributed by atoms with van der Waals surface area (Å²) in [4.78, 5) is 14.0. The third kappa shape index (κ3) is 4.86. The standard InChI is InChI=1S/C18H24FNO2/c1-18(2,3)22-17(21)20-13-5-8-16(20)7-4-6-14-9-11-15(19)12-10-14/h4,6,9-12,16H,5,7-8,13H2,1-3H3/b6-4-. The fourth-order valence-electron chi connectivity index (χ4n) is 2.58. The van der Waals surface area contributed by atoms with E-state index in [2.05, 4.69) is 0 Å². The van der Waals surface area contributed by atoms with Crippen molar-refractivity contribution >= 4 is 12.2 Å². The number of rotatable bonds is 3. The summed E-state index contributed by atoms with van der Waals surface area (Å²) in [5.41, 5.74) is 0.497. The summed E-state index contributed by atoms with van der Waals surface area (Å²) >= 11 is 0. The Morgan fingerprint density at radius 1 is 1.36 bits per heavy atom. The highest BCUT2D eigenvalue weighted by Crippen LogP contribution is 2.23. The van der Waals surface area contributed by atoms with Gasteiger partial charge in [-0.1, -0.05) is 24.3 Å². The lowest BCUT2D eigenvalue weighted by Gasteiger charge is -2.28. The van der Waals surface area contributed by atoms with Gasteiger partial charge in [0.2, 0.25) is 0 Å². The van der Waals surface area contributed by atoms with Crippen molar-refractivity contribution in [3.8, 4) is 0 Å². The molecule has 1 amide bonds. The van der Waals surface area contributed by atoms with Crippen LogP contribution >= 0.6 is 0 Å². The number of nitrogens with zero attached hydrogens (tertiary/aromatic N) is 1. The monoisotopic (exact) mass is 305 g/mol. The molecule has 0 aliphatic carbocycles. The van der Waals surface area contributed by atoms with Crippen LogP contribution < -0.4 is 0 Å². The second-order valence-corrected chi connectivity index (χ2v) is 6.66. The predicted octanol–water partition coefficient (Wildman–Crippen LogP) is 4.63. The van der Waals surface area contributed by atoms with E-state index in [1.807, 2.05) is 37.8 Å². The minimum absolute atomic E-state index is 0.187. The molecule has 1 aliphatic heterocycles. The molecule has 1 heterocycles. The molecule has 1 atom stereocenters. The van der Waals surface area contributed by atoms with Gasteiger partial charge < -0.3 is 9.64 Å². The maximum Gasteiger partial charge on any atom is 0.410 e. The highest BCUT2D eigenvalue weighted by Gasteiger charge is 2.31. The van der Waals surface area contributed by atoms with Crippen LogP contribution in [0.4, 0.5) is 9.18 Å². The van der Waals surface area contributed by atoms with Gasteiger partial charge in [0, 0.05) is 12.6 Å². The molecule has 120 valence electrons. The minimum Gasteiger partial charge on any atom is -0.444 e. The predicted molar refractivity (Wildman–Crippen MR) is 86.0 cm³/mol. The Morgan fingerprint density at radius 3 is 2.68 bits per heavy atom. The molecule has 3 nitrogen and oxygen atoms in total. The van der Waals surface area contributed by atoms with Gasteiger partial charge in [-0.25, -0.2) is 9.18 Å². The van der Waals surface area contributed by atoms with Gasteiger partial charge in [-0.2, -0.15) is 0 Å². The highest BCUT2D eigenvalue weighted by molar-refractivity contribution is 5.69. The molecule has 0 bridgehead atoms. The molecule has 0 spiro atoms. The lowest BCUT2D eigenvalue weighted by Crippen LogP contribution is -2.39. The van der Waals surface area contributed by atoms with Gasteiger partial charge >= 0.3 is 6.09 Å². The Labute approximate surface area is 131 Å². The van der Waals surface area contributed by atoms with Gasteiger partial charge in [0.25, 0.3) is 0 Å². The number of carbonyl (C=O) groups excluding carboxylic acids is 1. The highest BCUT2D eigenvalue weighted by atomic mass is 19.1. The normalized spacial score (nSPS) is 18.9. The average molecular weight is 305 g/mol. The molecule has 1 saturated heterocycles. The first kappa shape index (κ1) is 16.5. The molecular formula is C18H24FNO2. The van der Waals surface area contributed by atoms with Gasteiger partial charge in [0.05, 0.1) is 0 Å². The van der Waals surface area contributed by atoms with Crippen LogP contribution in [-0.2, 0) is 4.74 Å². The number of hydrogen-bond donors (Lipinski definition) is 0. The number of hydrogen-bond acceptors (Lipinski definition) is 2. The largest absolute Gasteiger partial charge is 0.444 e. The van der Waals surface area contributed by atoms with Crippen molar-refractivity contribution < 1.29 is 13.9 Å². The van der Waals surface area contributed by atoms with E-state index in [1.165, 1.54) is 12.1 Å². The number of halogens is 1. The van der Waals surface area contributed by atoms with E-state index in [4.69, 9.17) is 4.74 Å². The zero-order chi connectivity index (χ0) is 16.2. The van der Waals surface area contributed by atoms with Crippen LogP contribution in [-0.4, -0.2) is 29.2 Å². The minimum atomic E-state index is -0.464. The van der Waals surface area contributed by atoms with Crippen molar-refractivity contribution in [1.29, 1.82) is 0 Å². The molecule has 1 aromatic carbocycles. The van der Waals surface area contributed by atoms with Gasteiger partial charge in [0.1, 0.15) is 11.4 Å². The summed E-state index contributed by atoms with van der Waals surface area (Å²) < 4.78 is 18.3. The average Bonchev–Trinajstić information content (AvgIpc) is 2.88. The van der Waals surface area contributed by atoms with E-state index < -0.39 is 5.60 Å². The van der Waals surface area contributed by atoms with E-state index >= 15 is 0 Å². The van der Waals surface area contributed by atoms with Crippen LogP contribution in [0.1, 0.15) is 45.6 Å². The molecule has 1 fully saturated rings. The maximum atomic E-state index is 12.8. The van der Waals surface area contributed by atoms with Crippen molar-refractivity contribution in [2.75, 3.05) is 6.54 Å². The summed E-state index contributed by atoms with van der Waals surface area (Å²) in [6, 6.07) is 6.56. The van der Waals surface area contributed by atoms with Crippen LogP contribution in [0, 0.1) is 5.82 Å². The van der Waals surface area contributed by atoms with Gasteiger partial charge in [-0.05, 0) is 57.7 Å². The second kappa shape index (κ2) is 6.95. The van der Waals surface area contributed by atoms with Crippen molar-refractivity contribution in [3.05, 3.63) is 41.7 Å². The van der Waals surface area contributed by atoms with Gasteiger partial charge in [-0.3, -0.25) is 0 Å². The van der Waals surface area contributed by atoms with Crippen molar-refractivity contribution in [3.63, 3.8) is 0 Å². The topological polar surface area (TPSA) is 29.5 Å². The Balaban J connectivity index is 1.91. The summed E-state index contributed by atoms with van der Waals surface area (Å²) in [6.07, 6.45) is 6.56. The Morgan fingerprint density at radius 2 is 2.05 bits per heavy atom. The van der Waals surface area contributed by atoms with Crippen molar-refractivity contribution in [1.82, 2.24) is 4.90 Å². The third-order valence-corrected chi connectivity index (χ3v) is 3.59. The summed E-state index contributed by atoms with van der Waals surface area (Å²) in [6.45, 7) is 6.39. The third-order valence-electron chi connectivity index (χ3n) is 3.59. The molecule has 1 unspecified atom stereocenters. The second-order valence-electron chi connectivity index (χ2n) is 6.66. The van der Waals surface area contributed by atoms with Crippen molar-refractivity contribution in [2.24, 2.45) is 0 Å².